The van der Waals surface area contributed by atoms with Crippen LogP contribution in [0.3, 0.4) is 0 Å². The number of rotatable bonds is 4. The van der Waals surface area contributed by atoms with Crippen molar-refractivity contribution in [1.29, 1.82) is 0 Å². The second kappa shape index (κ2) is 7.16. The number of esters is 1. The molecule has 0 aliphatic heterocycles. The van der Waals surface area contributed by atoms with E-state index in [1.165, 1.54) is 13.2 Å². The molecule has 0 bridgehead atoms. The van der Waals surface area contributed by atoms with Gasteiger partial charge in [0.05, 0.1) is 18.1 Å². The number of aromatic nitrogens is 2. The van der Waals surface area contributed by atoms with Crippen LogP contribution in [-0.2, 0) is 11.3 Å². The Balaban J connectivity index is 2.05. The zero-order valence-electron chi connectivity index (χ0n) is 14.2. The summed E-state index contributed by atoms with van der Waals surface area (Å²) in [6, 6.07) is 10.1. The zero-order chi connectivity index (χ0) is 19.6. The van der Waals surface area contributed by atoms with Crippen molar-refractivity contribution in [2.45, 2.75) is 6.54 Å². The predicted octanol–water partition coefficient (Wildman–Crippen LogP) is 1.06. The van der Waals surface area contributed by atoms with Gasteiger partial charge in [-0.25, -0.2) is 9.78 Å². The first-order valence-corrected chi connectivity index (χ1v) is 7.81. The van der Waals surface area contributed by atoms with Gasteiger partial charge in [-0.15, -0.1) is 4.73 Å². The fraction of sp³-hybridized carbons (Fsp3) is 0.111. The Labute approximate surface area is 152 Å². The molecule has 0 aliphatic carbocycles. The number of benzene rings is 1. The van der Waals surface area contributed by atoms with Crippen LogP contribution in [0.2, 0.25) is 0 Å². The van der Waals surface area contributed by atoms with Gasteiger partial charge in [0.25, 0.3) is 5.91 Å². The summed E-state index contributed by atoms with van der Waals surface area (Å²) in [5, 5.41) is 22.8. The molecule has 2 aromatic heterocycles. The molecular formula is C18H15N3O6. The molecule has 9 heteroatoms. The normalized spacial score (nSPS) is 10.6. The summed E-state index contributed by atoms with van der Waals surface area (Å²) in [7, 11) is 1.17. The van der Waals surface area contributed by atoms with Gasteiger partial charge in [-0.3, -0.25) is 9.59 Å². The lowest BCUT2D eigenvalue weighted by molar-refractivity contribution is 0.0600. The molecule has 0 spiro atoms. The second-order valence-corrected chi connectivity index (χ2v) is 5.60. The maximum Gasteiger partial charge on any atom is 0.339 e. The Morgan fingerprint density at radius 2 is 1.96 bits per heavy atom. The van der Waals surface area contributed by atoms with Crippen LogP contribution >= 0.6 is 0 Å². The Kier molecular flexibility index (Phi) is 4.75. The van der Waals surface area contributed by atoms with Crippen molar-refractivity contribution in [3.05, 3.63) is 69.6 Å². The predicted molar refractivity (Wildman–Crippen MR) is 93.8 cm³/mol. The minimum atomic E-state index is -1.14. The van der Waals surface area contributed by atoms with Crippen LogP contribution in [-0.4, -0.2) is 39.0 Å². The minimum Gasteiger partial charge on any atom is -0.506 e. The van der Waals surface area contributed by atoms with Crippen molar-refractivity contribution in [3.63, 3.8) is 0 Å². The average molecular weight is 369 g/mol. The Bertz CT molecular complexity index is 1090. The van der Waals surface area contributed by atoms with E-state index in [-0.39, 0.29) is 27.9 Å². The monoisotopic (exact) mass is 369 g/mol. The van der Waals surface area contributed by atoms with Crippen molar-refractivity contribution in [3.8, 4) is 5.75 Å². The van der Waals surface area contributed by atoms with Crippen molar-refractivity contribution in [2.75, 3.05) is 7.11 Å². The molecule has 0 aliphatic rings. The van der Waals surface area contributed by atoms with E-state index >= 15 is 0 Å². The number of nitrogens with one attached hydrogen (secondary N) is 1. The van der Waals surface area contributed by atoms with Gasteiger partial charge in [-0.1, -0.05) is 30.3 Å². The Morgan fingerprint density at radius 3 is 2.63 bits per heavy atom. The first-order chi connectivity index (χ1) is 12.9. The number of fused-ring (bicyclic) bond motifs is 1. The molecule has 0 saturated carbocycles. The lowest BCUT2D eigenvalue weighted by Gasteiger charge is -2.11. The van der Waals surface area contributed by atoms with E-state index in [1.807, 2.05) is 6.07 Å². The van der Waals surface area contributed by atoms with Crippen LogP contribution in [0.4, 0.5) is 0 Å². The van der Waals surface area contributed by atoms with E-state index in [0.29, 0.717) is 0 Å². The van der Waals surface area contributed by atoms with Crippen LogP contribution in [0.25, 0.3) is 11.0 Å². The number of hydrogen-bond donors (Lipinski definition) is 3. The number of carbonyl (C=O) groups excluding carboxylic acids is 2. The van der Waals surface area contributed by atoms with Crippen molar-refractivity contribution in [2.24, 2.45) is 0 Å². The largest absolute Gasteiger partial charge is 0.506 e. The first kappa shape index (κ1) is 17.9. The van der Waals surface area contributed by atoms with Crippen molar-refractivity contribution < 1.29 is 24.6 Å². The second-order valence-electron chi connectivity index (χ2n) is 5.60. The molecule has 0 unspecified atom stereocenters. The number of nitrogens with zero attached hydrogens (tertiary/aromatic N) is 2. The fourth-order valence-electron chi connectivity index (χ4n) is 2.54. The molecule has 27 heavy (non-hydrogen) atoms. The summed E-state index contributed by atoms with van der Waals surface area (Å²) in [6.07, 6.45) is 1.08. The van der Waals surface area contributed by atoms with E-state index in [4.69, 9.17) is 0 Å². The molecule has 0 fully saturated rings. The molecule has 3 N–H and O–H groups in total. The van der Waals surface area contributed by atoms with Gasteiger partial charge in [0, 0.05) is 12.7 Å². The highest BCUT2D eigenvalue weighted by Gasteiger charge is 2.24. The van der Waals surface area contributed by atoms with Crippen molar-refractivity contribution >= 4 is 22.9 Å². The smallest absolute Gasteiger partial charge is 0.339 e. The van der Waals surface area contributed by atoms with Gasteiger partial charge in [0.1, 0.15) is 5.75 Å². The Morgan fingerprint density at radius 1 is 1.26 bits per heavy atom. The van der Waals surface area contributed by atoms with Gasteiger partial charge >= 0.3 is 11.5 Å². The third-order valence-electron chi connectivity index (χ3n) is 3.91. The summed E-state index contributed by atoms with van der Waals surface area (Å²) in [5.41, 5.74) is -1.34. The van der Waals surface area contributed by atoms with E-state index in [2.05, 4.69) is 15.0 Å². The van der Waals surface area contributed by atoms with Crippen LogP contribution < -0.4 is 10.9 Å². The van der Waals surface area contributed by atoms with Crippen LogP contribution in [0.1, 0.15) is 26.3 Å². The molecular weight excluding hydrogens is 354 g/mol. The molecule has 0 saturated heterocycles. The number of amides is 1. The van der Waals surface area contributed by atoms with E-state index in [9.17, 15) is 24.7 Å². The molecule has 3 rings (SSSR count). The molecule has 1 amide bonds. The standard InChI is InChI=1S/C18H15N3O6/c1-27-18(25)11-7-12-14(22)13(17(24)21(26)15(12)19-9-11)16(23)20-8-10-5-3-2-4-6-10/h2-7,9,22,26H,8H2,1H3,(H,20,23). The summed E-state index contributed by atoms with van der Waals surface area (Å²) < 4.78 is 4.72. The van der Waals surface area contributed by atoms with Gasteiger partial charge in [-0.05, 0) is 11.6 Å². The van der Waals surface area contributed by atoms with Gasteiger partial charge in [-0.2, -0.15) is 0 Å². The SMILES string of the molecule is COC(=O)c1cnc2c(c1)c(O)c(C(=O)NCc1ccccc1)c(=O)n2O. The van der Waals surface area contributed by atoms with Crippen LogP contribution in [0, 0.1) is 0 Å². The highest BCUT2D eigenvalue weighted by atomic mass is 16.5. The summed E-state index contributed by atoms with van der Waals surface area (Å²) in [5.74, 6) is -2.30. The van der Waals surface area contributed by atoms with E-state index < -0.39 is 28.7 Å². The summed E-state index contributed by atoms with van der Waals surface area (Å²) in [4.78, 5) is 40.1. The number of pyridine rings is 2. The van der Waals surface area contributed by atoms with Crippen molar-refractivity contribution in [1.82, 2.24) is 15.0 Å². The highest BCUT2D eigenvalue weighted by molar-refractivity contribution is 6.03. The molecule has 1 aromatic carbocycles. The topological polar surface area (TPSA) is 131 Å². The summed E-state index contributed by atoms with van der Waals surface area (Å²) in [6.45, 7) is 0.114. The van der Waals surface area contributed by atoms with E-state index in [0.717, 1.165) is 11.8 Å². The average Bonchev–Trinajstić information content (AvgIpc) is 2.70. The van der Waals surface area contributed by atoms with Gasteiger partial charge in [0.15, 0.2) is 11.2 Å². The molecule has 138 valence electrons. The maximum atomic E-state index is 12.4. The lowest BCUT2D eigenvalue weighted by Crippen LogP contribution is -2.32. The third-order valence-corrected chi connectivity index (χ3v) is 3.91. The first-order valence-electron chi connectivity index (χ1n) is 7.81. The highest BCUT2D eigenvalue weighted by Crippen LogP contribution is 2.25. The maximum absolute atomic E-state index is 12.4. The van der Waals surface area contributed by atoms with E-state index in [1.54, 1.807) is 24.3 Å². The lowest BCUT2D eigenvalue weighted by atomic mass is 10.1. The van der Waals surface area contributed by atoms with Gasteiger partial charge in [0.2, 0.25) is 0 Å². The zero-order valence-corrected chi connectivity index (χ0v) is 14.2. The Hall–Kier alpha value is -3.88. The third kappa shape index (κ3) is 3.30. The fourth-order valence-corrected chi connectivity index (χ4v) is 2.54. The molecule has 0 radical (unpaired) electrons. The summed E-state index contributed by atoms with van der Waals surface area (Å²) >= 11 is 0. The number of hydrogen-bond acceptors (Lipinski definition) is 7. The number of carbonyl (C=O) groups is 2. The minimum absolute atomic E-state index is 0.0189. The molecule has 9 nitrogen and oxygen atoms in total. The molecule has 0 atom stereocenters. The number of methoxy groups -OCH3 is 1. The van der Waals surface area contributed by atoms with Gasteiger partial charge < -0.3 is 20.4 Å². The molecule has 2 heterocycles. The molecule has 3 aromatic rings. The quantitative estimate of drug-likeness (QED) is 0.463. The van der Waals surface area contributed by atoms with Crippen LogP contribution in [0.15, 0.2) is 47.4 Å². The number of aromatic hydroxyl groups is 1. The van der Waals surface area contributed by atoms with Crippen LogP contribution in [0.5, 0.6) is 5.75 Å². The number of ether oxygens (including phenoxy) is 1.